The van der Waals surface area contributed by atoms with Crippen molar-refractivity contribution < 1.29 is 23.8 Å². The predicted molar refractivity (Wildman–Crippen MR) is 88.4 cm³/mol. The van der Waals surface area contributed by atoms with E-state index >= 15 is 0 Å². The largest absolute Gasteiger partial charge is 0.480 e. The van der Waals surface area contributed by atoms with Crippen molar-refractivity contribution in [3.63, 3.8) is 0 Å². The fraction of sp³-hybridized carbons (Fsp3) is 0.333. The Morgan fingerprint density at radius 2 is 1.78 bits per heavy atom. The third kappa shape index (κ3) is 3.19. The van der Waals surface area contributed by atoms with E-state index in [0.717, 1.165) is 4.31 Å². The first kappa shape index (κ1) is 17.3. The van der Waals surface area contributed by atoms with E-state index in [0.29, 0.717) is 5.56 Å². The van der Waals surface area contributed by atoms with Crippen LogP contribution in [0.15, 0.2) is 36.0 Å². The van der Waals surface area contributed by atoms with Gasteiger partial charge in [-0.05, 0) is 20.8 Å². The Morgan fingerprint density at radius 1 is 1.22 bits per heavy atom. The van der Waals surface area contributed by atoms with Crippen LogP contribution in [0.1, 0.15) is 26.3 Å². The molecular formula is C15H20N2O5S. The van der Waals surface area contributed by atoms with Crippen LogP contribution in [0.2, 0.25) is 0 Å². The Morgan fingerprint density at radius 3 is 2.26 bits per heavy atom. The maximum Gasteiger partial charge on any atom is 0.322 e. The van der Waals surface area contributed by atoms with E-state index in [1.54, 1.807) is 51.1 Å². The van der Waals surface area contributed by atoms with Gasteiger partial charge in [-0.1, -0.05) is 41.1 Å². The molecule has 2 rings (SSSR count). The quantitative estimate of drug-likeness (QED) is 0.670. The number of rotatable bonds is 4. The van der Waals surface area contributed by atoms with Crippen molar-refractivity contribution >= 4 is 27.6 Å². The highest BCUT2D eigenvalue weighted by atomic mass is 32.3. The summed E-state index contributed by atoms with van der Waals surface area (Å²) in [4.78, 5) is 23.5. The molecule has 0 spiro atoms. The Bertz CT molecular complexity index is 664. The molecule has 0 aliphatic carbocycles. The van der Waals surface area contributed by atoms with E-state index < -0.39 is 34.7 Å². The Balaban J connectivity index is 2.60. The highest BCUT2D eigenvalue weighted by Gasteiger charge is 2.49. The molecule has 0 fully saturated rings. The molecule has 0 saturated heterocycles. The third-order valence-corrected chi connectivity index (χ3v) is 5.43. The molecule has 1 amide bonds. The molecule has 0 radical (unpaired) electrons. The Kier molecular flexibility index (Phi) is 4.43. The number of carboxylic acid groups (broad SMARTS) is 1. The molecule has 0 atom stereocenters. The average molecular weight is 340 g/mol. The summed E-state index contributed by atoms with van der Waals surface area (Å²) in [6.07, 6.45) is 0. The van der Waals surface area contributed by atoms with Crippen LogP contribution in [0.3, 0.4) is 0 Å². The molecule has 0 saturated carbocycles. The lowest BCUT2D eigenvalue weighted by atomic mass is 10.1. The molecule has 0 unspecified atom stereocenters. The summed E-state index contributed by atoms with van der Waals surface area (Å²) in [5.74, 6) is -1.78. The van der Waals surface area contributed by atoms with Gasteiger partial charge in [-0.15, -0.1) is 0 Å². The fourth-order valence-corrected chi connectivity index (χ4v) is 4.60. The number of hydrogen-bond donors (Lipinski definition) is 4. The Hall–Kier alpha value is -2.03. The van der Waals surface area contributed by atoms with Gasteiger partial charge in [0, 0.05) is 5.56 Å². The maximum absolute atomic E-state index is 12.7. The molecule has 0 bridgehead atoms. The highest BCUT2D eigenvalue weighted by molar-refractivity contribution is 8.31. The van der Waals surface area contributed by atoms with Crippen molar-refractivity contribution in [3.05, 3.63) is 41.6 Å². The number of amides is 1. The SMILES string of the molecule is CC(C)(C)N1C(=O)C(NCC(=O)O)=C(c2ccccc2)S1(O)O. The van der Waals surface area contributed by atoms with E-state index in [2.05, 4.69) is 5.32 Å². The molecule has 8 heteroatoms. The molecule has 23 heavy (non-hydrogen) atoms. The minimum atomic E-state index is -3.58. The molecule has 1 aromatic carbocycles. The lowest BCUT2D eigenvalue weighted by Gasteiger charge is -2.45. The molecule has 1 aliphatic rings. The van der Waals surface area contributed by atoms with Crippen molar-refractivity contribution in [1.29, 1.82) is 0 Å². The summed E-state index contributed by atoms with van der Waals surface area (Å²) < 4.78 is 22.4. The standard InChI is InChI=1S/C15H20N2O5S/c1-15(2,3)17-14(20)12(16-9-11(18)19)13(23(17,21)22)10-7-5-4-6-8-10/h4-8,16,21-22H,9H2,1-3H3,(H,18,19). The molecule has 7 nitrogen and oxygen atoms in total. The zero-order chi connectivity index (χ0) is 17.4. The minimum absolute atomic E-state index is 0.0271. The fourth-order valence-electron chi connectivity index (χ4n) is 2.44. The summed E-state index contributed by atoms with van der Waals surface area (Å²) in [6.45, 7) is 4.55. The van der Waals surface area contributed by atoms with E-state index in [9.17, 15) is 18.7 Å². The monoisotopic (exact) mass is 340 g/mol. The molecule has 0 aromatic heterocycles. The van der Waals surface area contributed by atoms with Gasteiger partial charge in [-0.2, -0.15) is 0 Å². The van der Waals surface area contributed by atoms with E-state index in [1.165, 1.54) is 0 Å². The van der Waals surface area contributed by atoms with E-state index in [4.69, 9.17) is 5.11 Å². The van der Waals surface area contributed by atoms with Gasteiger partial charge in [-0.3, -0.25) is 18.7 Å². The minimum Gasteiger partial charge on any atom is -0.480 e. The van der Waals surface area contributed by atoms with Gasteiger partial charge in [0.25, 0.3) is 5.91 Å². The van der Waals surface area contributed by atoms with Gasteiger partial charge in [0.05, 0.1) is 5.54 Å². The second kappa shape index (κ2) is 5.88. The van der Waals surface area contributed by atoms with Crippen LogP contribution >= 0.6 is 10.8 Å². The van der Waals surface area contributed by atoms with E-state index in [-0.39, 0.29) is 10.6 Å². The second-order valence-electron chi connectivity index (χ2n) is 6.11. The number of hydrogen-bond acceptors (Lipinski definition) is 5. The van der Waals surface area contributed by atoms with Gasteiger partial charge < -0.3 is 10.4 Å². The van der Waals surface area contributed by atoms with Gasteiger partial charge in [0.1, 0.15) is 17.1 Å². The first-order valence-electron chi connectivity index (χ1n) is 6.95. The maximum atomic E-state index is 12.7. The van der Waals surface area contributed by atoms with Crippen LogP contribution in [0.4, 0.5) is 0 Å². The van der Waals surface area contributed by atoms with Crippen LogP contribution in [0.25, 0.3) is 4.91 Å². The Labute approximate surface area is 136 Å². The van der Waals surface area contributed by atoms with Gasteiger partial charge in [0.15, 0.2) is 0 Å². The number of benzene rings is 1. The van der Waals surface area contributed by atoms with Gasteiger partial charge in [0.2, 0.25) is 0 Å². The molecule has 1 aliphatic heterocycles. The molecule has 126 valence electrons. The summed E-state index contributed by atoms with van der Waals surface area (Å²) in [6, 6.07) is 8.46. The lowest BCUT2D eigenvalue weighted by Crippen LogP contribution is -2.45. The predicted octanol–water partition coefficient (Wildman–Crippen LogP) is 2.34. The first-order valence-corrected chi connectivity index (χ1v) is 8.45. The van der Waals surface area contributed by atoms with Crippen molar-refractivity contribution in [2.24, 2.45) is 0 Å². The summed E-state index contributed by atoms with van der Waals surface area (Å²) in [7, 11) is -3.58. The number of aliphatic carboxylic acids is 1. The summed E-state index contributed by atoms with van der Waals surface area (Å²) in [5, 5.41) is 11.4. The second-order valence-corrected chi connectivity index (χ2v) is 7.92. The lowest BCUT2D eigenvalue weighted by molar-refractivity contribution is -0.135. The summed E-state index contributed by atoms with van der Waals surface area (Å²) in [5.41, 5.74) is -0.475. The smallest absolute Gasteiger partial charge is 0.322 e. The van der Waals surface area contributed by atoms with Crippen LogP contribution in [-0.4, -0.2) is 42.5 Å². The highest BCUT2D eigenvalue weighted by Crippen LogP contribution is 2.63. The number of carboxylic acids is 1. The number of carbonyl (C=O) groups excluding carboxylic acids is 1. The molecular weight excluding hydrogens is 320 g/mol. The zero-order valence-electron chi connectivity index (χ0n) is 13.1. The van der Waals surface area contributed by atoms with E-state index in [1.807, 2.05) is 0 Å². The van der Waals surface area contributed by atoms with Crippen LogP contribution in [0, 0.1) is 0 Å². The average Bonchev–Trinajstić information content (AvgIpc) is 2.62. The zero-order valence-corrected chi connectivity index (χ0v) is 13.9. The first-order chi connectivity index (χ1) is 10.6. The van der Waals surface area contributed by atoms with Gasteiger partial charge >= 0.3 is 5.97 Å². The topological polar surface area (TPSA) is 110 Å². The van der Waals surface area contributed by atoms with Crippen molar-refractivity contribution in [2.45, 2.75) is 26.3 Å². The van der Waals surface area contributed by atoms with Crippen LogP contribution in [0.5, 0.6) is 0 Å². The van der Waals surface area contributed by atoms with Crippen LogP contribution < -0.4 is 5.32 Å². The third-order valence-electron chi connectivity index (χ3n) is 3.22. The van der Waals surface area contributed by atoms with Crippen molar-refractivity contribution in [2.75, 3.05) is 6.54 Å². The normalized spacial score (nSPS) is 19.0. The van der Waals surface area contributed by atoms with Crippen molar-refractivity contribution in [1.82, 2.24) is 9.62 Å². The molecule has 1 heterocycles. The number of carbonyl (C=O) groups is 2. The summed E-state index contributed by atoms with van der Waals surface area (Å²) >= 11 is 0. The molecule has 4 N–H and O–H groups in total. The van der Waals surface area contributed by atoms with Gasteiger partial charge in [-0.25, -0.2) is 4.31 Å². The number of nitrogens with one attached hydrogen (secondary N) is 1. The van der Waals surface area contributed by atoms with Crippen LogP contribution in [-0.2, 0) is 9.59 Å². The molecule has 1 aromatic rings. The van der Waals surface area contributed by atoms with Crippen molar-refractivity contribution in [3.8, 4) is 0 Å². The number of nitrogens with zero attached hydrogens (tertiary/aromatic N) is 1.